The lowest BCUT2D eigenvalue weighted by atomic mass is 10.4. The molecule has 5 nitrogen and oxygen atoms in total. The number of aromatic nitrogens is 2. The van der Waals surface area contributed by atoms with Crippen LogP contribution in [0.1, 0.15) is 5.69 Å². The zero-order chi connectivity index (χ0) is 10.8. The Hall–Kier alpha value is -1.73. The van der Waals surface area contributed by atoms with Gasteiger partial charge in [0.25, 0.3) is 0 Å². The molecule has 0 aromatic carbocycles. The Morgan fingerprint density at radius 1 is 1.64 bits per heavy atom. The van der Waals surface area contributed by atoms with Crippen LogP contribution < -0.4 is 4.74 Å². The van der Waals surface area contributed by atoms with Crippen molar-refractivity contribution in [3.05, 3.63) is 11.9 Å². The standard InChI is InChI=1S/C6H5F3N2O3/c7-6(8,9)5-3(1-10-11-5)14-2-4(12)13/h1H,2H2,(H,10,11)(H,12,13). The molecule has 0 fully saturated rings. The van der Waals surface area contributed by atoms with E-state index in [0.717, 1.165) is 6.20 Å². The maximum atomic E-state index is 12.1. The van der Waals surface area contributed by atoms with Crippen molar-refractivity contribution in [2.24, 2.45) is 0 Å². The van der Waals surface area contributed by atoms with Crippen LogP contribution in [0.2, 0.25) is 0 Å². The van der Waals surface area contributed by atoms with Crippen molar-refractivity contribution >= 4 is 5.97 Å². The number of rotatable bonds is 3. The van der Waals surface area contributed by atoms with E-state index in [0.29, 0.717) is 0 Å². The largest absolute Gasteiger partial charge is 0.479 e. The smallest absolute Gasteiger partial charge is 0.436 e. The normalized spacial score (nSPS) is 11.4. The van der Waals surface area contributed by atoms with E-state index in [2.05, 4.69) is 9.84 Å². The van der Waals surface area contributed by atoms with E-state index in [9.17, 15) is 18.0 Å². The van der Waals surface area contributed by atoms with Crippen LogP contribution in [0.4, 0.5) is 13.2 Å². The van der Waals surface area contributed by atoms with Gasteiger partial charge in [-0.05, 0) is 0 Å². The molecule has 0 radical (unpaired) electrons. The highest BCUT2D eigenvalue weighted by molar-refractivity contribution is 5.68. The van der Waals surface area contributed by atoms with Crippen molar-refractivity contribution in [1.29, 1.82) is 0 Å². The zero-order valence-corrected chi connectivity index (χ0v) is 6.63. The Balaban J connectivity index is 2.78. The zero-order valence-electron chi connectivity index (χ0n) is 6.63. The predicted octanol–water partition coefficient (Wildman–Crippen LogP) is 0.892. The minimum atomic E-state index is -4.63. The van der Waals surface area contributed by atoms with Gasteiger partial charge in [-0.15, -0.1) is 0 Å². The fraction of sp³-hybridized carbons (Fsp3) is 0.333. The number of carbonyl (C=O) groups is 1. The van der Waals surface area contributed by atoms with Gasteiger partial charge in [0.2, 0.25) is 0 Å². The Bertz CT molecular complexity index is 333. The number of alkyl halides is 3. The van der Waals surface area contributed by atoms with Crippen molar-refractivity contribution in [2.45, 2.75) is 6.18 Å². The Morgan fingerprint density at radius 2 is 2.29 bits per heavy atom. The number of aliphatic carboxylic acids is 1. The van der Waals surface area contributed by atoms with Crippen molar-refractivity contribution in [2.75, 3.05) is 6.61 Å². The molecule has 0 amide bonds. The number of hydrogen-bond acceptors (Lipinski definition) is 3. The van der Waals surface area contributed by atoms with Crippen molar-refractivity contribution in [3.8, 4) is 5.75 Å². The Morgan fingerprint density at radius 3 is 2.79 bits per heavy atom. The molecule has 0 saturated heterocycles. The quantitative estimate of drug-likeness (QED) is 0.776. The molecule has 0 spiro atoms. The molecule has 1 aromatic heterocycles. The number of carboxylic acids is 1. The molecule has 2 N–H and O–H groups in total. The molecule has 1 aromatic rings. The van der Waals surface area contributed by atoms with Gasteiger partial charge in [-0.3, -0.25) is 5.10 Å². The van der Waals surface area contributed by atoms with E-state index < -0.39 is 30.2 Å². The summed E-state index contributed by atoms with van der Waals surface area (Å²) in [5.74, 6) is -1.99. The van der Waals surface area contributed by atoms with Gasteiger partial charge in [0.15, 0.2) is 18.1 Å². The Labute approximate surface area is 75.5 Å². The lowest BCUT2D eigenvalue weighted by Crippen LogP contribution is -2.13. The topological polar surface area (TPSA) is 75.2 Å². The summed E-state index contributed by atoms with van der Waals surface area (Å²) in [4.78, 5) is 10.0. The third-order valence-corrected chi connectivity index (χ3v) is 1.24. The molecular weight excluding hydrogens is 205 g/mol. The molecule has 0 aliphatic carbocycles. The van der Waals surface area contributed by atoms with E-state index in [-0.39, 0.29) is 0 Å². The monoisotopic (exact) mass is 210 g/mol. The van der Waals surface area contributed by atoms with Crippen LogP contribution in [0, 0.1) is 0 Å². The predicted molar refractivity (Wildman–Crippen MR) is 36.7 cm³/mol. The highest BCUT2D eigenvalue weighted by Gasteiger charge is 2.36. The van der Waals surface area contributed by atoms with Crippen LogP contribution in [0.25, 0.3) is 0 Å². The molecule has 0 unspecified atom stereocenters. The van der Waals surface area contributed by atoms with Crippen LogP contribution in [0.3, 0.4) is 0 Å². The molecule has 78 valence electrons. The van der Waals surface area contributed by atoms with Crippen molar-refractivity contribution < 1.29 is 27.8 Å². The molecule has 0 aliphatic heterocycles. The van der Waals surface area contributed by atoms with Crippen LogP contribution in [0.15, 0.2) is 6.20 Å². The summed E-state index contributed by atoms with van der Waals surface area (Å²) >= 11 is 0. The van der Waals surface area contributed by atoms with Crippen LogP contribution in [-0.4, -0.2) is 27.9 Å². The van der Waals surface area contributed by atoms with Crippen LogP contribution in [0.5, 0.6) is 5.75 Å². The van der Waals surface area contributed by atoms with Gasteiger partial charge in [-0.25, -0.2) is 4.79 Å². The summed E-state index contributed by atoms with van der Waals surface area (Å²) in [6, 6.07) is 0. The van der Waals surface area contributed by atoms with E-state index in [1.54, 1.807) is 5.10 Å². The van der Waals surface area contributed by atoms with Gasteiger partial charge >= 0.3 is 12.1 Å². The summed E-state index contributed by atoms with van der Waals surface area (Å²) in [7, 11) is 0. The van der Waals surface area contributed by atoms with Gasteiger partial charge < -0.3 is 9.84 Å². The molecular formula is C6H5F3N2O3. The first-order valence-electron chi connectivity index (χ1n) is 3.36. The summed E-state index contributed by atoms with van der Waals surface area (Å²) in [6.45, 7) is -0.845. The fourth-order valence-electron chi connectivity index (χ4n) is 0.727. The van der Waals surface area contributed by atoms with Gasteiger partial charge in [0.05, 0.1) is 6.20 Å². The number of hydrogen-bond donors (Lipinski definition) is 2. The molecule has 1 rings (SSSR count). The average Bonchev–Trinajstić information content (AvgIpc) is 2.46. The lowest BCUT2D eigenvalue weighted by molar-refractivity contribution is -0.145. The lowest BCUT2D eigenvalue weighted by Gasteiger charge is -2.06. The first kappa shape index (κ1) is 10.4. The van der Waals surface area contributed by atoms with Gasteiger partial charge in [0.1, 0.15) is 0 Å². The second-order valence-electron chi connectivity index (χ2n) is 2.29. The van der Waals surface area contributed by atoms with Crippen LogP contribution >= 0.6 is 0 Å². The molecule has 0 atom stereocenters. The number of aromatic amines is 1. The molecule has 14 heavy (non-hydrogen) atoms. The van der Waals surface area contributed by atoms with E-state index >= 15 is 0 Å². The molecule has 0 bridgehead atoms. The van der Waals surface area contributed by atoms with E-state index in [4.69, 9.17) is 5.11 Å². The summed E-state index contributed by atoms with van der Waals surface area (Å²) in [5.41, 5.74) is -1.20. The molecule has 8 heteroatoms. The van der Waals surface area contributed by atoms with E-state index in [1.807, 2.05) is 0 Å². The number of halogens is 3. The number of H-pyrrole nitrogens is 1. The number of ether oxygens (including phenoxy) is 1. The minimum Gasteiger partial charge on any atom is -0.479 e. The fourth-order valence-corrected chi connectivity index (χ4v) is 0.727. The van der Waals surface area contributed by atoms with Gasteiger partial charge in [-0.2, -0.15) is 18.3 Å². The molecule has 0 saturated carbocycles. The molecule has 0 aliphatic rings. The maximum Gasteiger partial charge on any atom is 0.436 e. The summed E-state index contributed by atoms with van der Waals surface area (Å²) in [5, 5.41) is 12.9. The number of nitrogens with one attached hydrogen (secondary N) is 1. The second kappa shape index (κ2) is 3.56. The first-order valence-corrected chi connectivity index (χ1v) is 3.36. The summed E-state index contributed by atoms with van der Waals surface area (Å²) < 4.78 is 40.7. The minimum absolute atomic E-state index is 0.625. The van der Waals surface area contributed by atoms with Crippen molar-refractivity contribution in [1.82, 2.24) is 10.2 Å². The SMILES string of the molecule is O=C(O)COc1cn[nH]c1C(F)(F)F. The van der Waals surface area contributed by atoms with Gasteiger partial charge in [-0.1, -0.05) is 0 Å². The first-order chi connectivity index (χ1) is 6.41. The van der Waals surface area contributed by atoms with Crippen molar-refractivity contribution in [3.63, 3.8) is 0 Å². The average molecular weight is 210 g/mol. The molecule has 1 heterocycles. The maximum absolute atomic E-state index is 12.1. The third-order valence-electron chi connectivity index (χ3n) is 1.24. The number of carboxylic acid groups (broad SMARTS) is 1. The van der Waals surface area contributed by atoms with Crippen LogP contribution in [-0.2, 0) is 11.0 Å². The van der Waals surface area contributed by atoms with Gasteiger partial charge in [0, 0.05) is 0 Å². The second-order valence-corrected chi connectivity index (χ2v) is 2.29. The highest BCUT2D eigenvalue weighted by Crippen LogP contribution is 2.33. The number of nitrogens with zero attached hydrogens (tertiary/aromatic N) is 1. The Kier molecular flexibility index (Phi) is 2.63. The van der Waals surface area contributed by atoms with E-state index in [1.165, 1.54) is 0 Å². The third kappa shape index (κ3) is 2.38. The summed E-state index contributed by atoms with van der Waals surface area (Å²) in [6.07, 6.45) is -3.86. The highest BCUT2D eigenvalue weighted by atomic mass is 19.4.